The van der Waals surface area contributed by atoms with Crippen molar-refractivity contribution in [3.05, 3.63) is 126 Å². The largest absolute Gasteiger partial charge is 0.492 e. The van der Waals surface area contributed by atoms with E-state index in [1.165, 1.54) is 42.1 Å². The minimum atomic E-state index is -0.566. The highest BCUT2D eigenvalue weighted by Gasteiger charge is 2.18. The van der Waals surface area contributed by atoms with Crippen molar-refractivity contribution < 1.29 is 23.5 Å². The van der Waals surface area contributed by atoms with Crippen molar-refractivity contribution in [2.45, 2.75) is 24.0 Å². The van der Waals surface area contributed by atoms with E-state index in [9.17, 15) is 18.8 Å². The van der Waals surface area contributed by atoms with E-state index in [0.29, 0.717) is 34.9 Å². The maximum Gasteiger partial charge on any atom is 0.272 e. The number of thioether (sulfide) groups is 1. The van der Waals surface area contributed by atoms with Gasteiger partial charge in [-0.2, -0.15) is 0 Å². The molecule has 1 unspecified atom stereocenters. The second-order valence-corrected chi connectivity index (χ2v) is 10.5. The van der Waals surface area contributed by atoms with Gasteiger partial charge in [-0.25, -0.2) is 4.39 Å². The molecule has 214 valence electrons. The number of anilines is 2. The number of hydrogen-bond acceptors (Lipinski definition) is 5. The fraction of sp³-hybridized carbons (Fsp3) is 0.121. The fourth-order valence-corrected chi connectivity index (χ4v) is 4.78. The SMILES string of the molecule is CCOc1ccccc1NC(=O)C(C)Sc1cccc(NC(=O)/C(=C\c2ccc(F)cc2)NC(=O)c2ccccc2)c1. The molecule has 0 saturated heterocycles. The molecule has 0 spiro atoms. The Kier molecular flexibility index (Phi) is 10.5. The monoisotopic (exact) mass is 583 g/mol. The van der Waals surface area contributed by atoms with E-state index in [1.807, 2.05) is 25.1 Å². The average Bonchev–Trinajstić information content (AvgIpc) is 2.99. The van der Waals surface area contributed by atoms with Gasteiger partial charge in [0.2, 0.25) is 5.91 Å². The van der Waals surface area contributed by atoms with Gasteiger partial charge in [0.1, 0.15) is 17.3 Å². The first kappa shape index (κ1) is 30.1. The molecule has 4 aromatic rings. The molecule has 0 fully saturated rings. The number of para-hydroxylation sites is 2. The molecule has 0 aromatic heterocycles. The van der Waals surface area contributed by atoms with E-state index < -0.39 is 22.9 Å². The molecule has 0 aliphatic rings. The van der Waals surface area contributed by atoms with Crippen LogP contribution in [0.1, 0.15) is 29.8 Å². The topological polar surface area (TPSA) is 96.5 Å². The van der Waals surface area contributed by atoms with E-state index in [4.69, 9.17) is 4.74 Å². The molecule has 1 atom stereocenters. The Hall–Kier alpha value is -4.89. The maximum absolute atomic E-state index is 13.4. The number of nitrogens with one attached hydrogen (secondary N) is 3. The van der Waals surface area contributed by atoms with Crippen molar-refractivity contribution in [3.63, 3.8) is 0 Å². The molecule has 9 heteroatoms. The summed E-state index contributed by atoms with van der Waals surface area (Å²) >= 11 is 1.33. The van der Waals surface area contributed by atoms with Gasteiger partial charge in [0.05, 0.1) is 17.5 Å². The fourth-order valence-electron chi connectivity index (χ4n) is 3.86. The number of carbonyl (C=O) groups is 3. The summed E-state index contributed by atoms with van der Waals surface area (Å²) in [6.07, 6.45) is 1.47. The Bertz CT molecular complexity index is 1580. The van der Waals surface area contributed by atoms with Crippen LogP contribution in [0.5, 0.6) is 5.75 Å². The molecule has 3 amide bonds. The number of ether oxygens (including phenoxy) is 1. The zero-order valence-electron chi connectivity index (χ0n) is 23.1. The van der Waals surface area contributed by atoms with Gasteiger partial charge in [0.25, 0.3) is 11.8 Å². The minimum absolute atomic E-state index is 0.0192. The lowest BCUT2D eigenvalue weighted by atomic mass is 10.1. The number of rotatable bonds is 11. The number of hydrogen-bond donors (Lipinski definition) is 3. The summed E-state index contributed by atoms with van der Waals surface area (Å²) in [5.74, 6) is -1.05. The zero-order valence-corrected chi connectivity index (χ0v) is 23.9. The van der Waals surface area contributed by atoms with Crippen LogP contribution >= 0.6 is 11.8 Å². The molecule has 7 nitrogen and oxygen atoms in total. The van der Waals surface area contributed by atoms with Crippen LogP contribution in [0, 0.1) is 5.82 Å². The highest BCUT2D eigenvalue weighted by molar-refractivity contribution is 8.00. The van der Waals surface area contributed by atoms with Crippen molar-refractivity contribution in [2.75, 3.05) is 17.2 Å². The van der Waals surface area contributed by atoms with Crippen molar-refractivity contribution in [2.24, 2.45) is 0 Å². The van der Waals surface area contributed by atoms with Gasteiger partial charge in [-0.1, -0.05) is 48.5 Å². The van der Waals surface area contributed by atoms with Gasteiger partial charge < -0.3 is 20.7 Å². The average molecular weight is 584 g/mol. The second kappa shape index (κ2) is 14.7. The van der Waals surface area contributed by atoms with Crippen molar-refractivity contribution >= 4 is 46.9 Å². The normalized spacial score (nSPS) is 11.7. The Balaban J connectivity index is 1.47. The standard InChI is InChI=1S/C33H30FN3O4S/c1-3-41-30-15-8-7-14-28(30)36-31(38)22(2)42-27-13-9-12-26(21-27)35-33(40)29(20-23-16-18-25(34)19-17-23)37-32(39)24-10-5-4-6-11-24/h4-22H,3H2,1-2H3,(H,35,40)(H,36,38)(H,37,39)/b29-20+. The molecule has 0 aliphatic carbocycles. The van der Waals surface area contributed by atoms with E-state index in [1.54, 1.807) is 67.6 Å². The summed E-state index contributed by atoms with van der Waals surface area (Å²) in [7, 11) is 0. The summed E-state index contributed by atoms with van der Waals surface area (Å²) in [5.41, 5.74) is 1.96. The highest BCUT2D eigenvalue weighted by Crippen LogP contribution is 2.29. The molecule has 4 aromatic carbocycles. The second-order valence-electron chi connectivity index (χ2n) is 9.09. The third kappa shape index (κ3) is 8.55. The van der Waals surface area contributed by atoms with Gasteiger partial charge in [0, 0.05) is 16.1 Å². The predicted octanol–water partition coefficient (Wildman–Crippen LogP) is 6.75. The van der Waals surface area contributed by atoms with Crippen LogP contribution in [0.2, 0.25) is 0 Å². The van der Waals surface area contributed by atoms with E-state index in [-0.39, 0.29) is 11.6 Å². The molecule has 0 bridgehead atoms. The van der Waals surface area contributed by atoms with Crippen LogP contribution in [0.4, 0.5) is 15.8 Å². The summed E-state index contributed by atoms with van der Waals surface area (Å²) in [6, 6.07) is 28.4. The molecular weight excluding hydrogens is 553 g/mol. The quantitative estimate of drug-likeness (QED) is 0.134. The molecular formula is C33H30FN3O4S. The molecule has 3 N–H and O–H groups in total. The number of carbonyl (C=O) groups excluding carboxylic acids is 3. The van der Waals surface area contributed by atoms with Crippen molar-refractivity contribution in [3.8, 4) is 5.75 Å². The molecule has 0 heterocycles. The predicted molar refractivity (Wildman–Crippen MR) is 165 cm³/mol. The van der Waals surface area contributed by atoms with Crippen LogP contribution in [0.25, 0.3) is 6.08 Å². The smallest absolute Gasteiger partial charge is 0.272 e. The summed E-state index contributed by atoms with van der Waals surface area (Å²) < 4.78 is 19.0. The van der Waals surface area contributed by atoms with Crippen LogP contribution in [-0.2, 0) is 9.59 Å². The first-order valence-corrected chi connectivity index (χ1v) is 14.1. The van der Waals surface area contributed by atoms with E-state index >= 15 is 0 Å². The molecule has 42 heavy (non-hydrogen) atoms. The zero-order chi connectivity index (χ0) is 29.9. The van der Waals surface area contributed by atoms with Crippen molar-refractivity contribution in [1.82, 2.24) is 5.32 Å². The Morgan fingerprint density at radius 2 is 1.60 bits per heavy atom. The van der Waals surface area contributed by atoms with Gasteiger partial charge >= 0.3 is 0 Å². The minimum Gasteiger partial charge on any atom is -0.492 e. The Morgan fingerprint density at radius 1 is 0.881 bits per heavy atom. The van der Waals surface area contributed by atoms with Gasteiger partial charge in [-0.3, -0.25) is 14.4 Å². The van der Waals surface area contributed by atoms with Gasteiger partial charge in [0.15, 0.2) is 0 Å². The highest BCUT2D eigenvalue weighted by atomic mass is 32.2. The summed E-state index contributed by atoms with van der Waals surface area (Å²) in [6.45, 7) is 4.14. The van der Waals surface area contributed by atoms with E-state index in [2.05, 4.69) is 16.0 Å². The number of benzene rings is 4. The van der Waals surface area contributed by atoms with Crippen molar-refractivity contribution in [1.29, 1.82) is 0 Å². The Labute approximate surface area is 248 Å². The van der Waals surface area contributed by atoms with E-state index in [0.717, 1.165) is 4.90 Å². The summed E-state index contributed by atoms with van der Waals surface area (Å²) in [4.78, 5) is 39.8. The lowest BCUT2D eigenvalue weighted by Gasteiger charge is -2.15. The van der Waals surface area contributed by atoms with Gasteiger partial charge in [-0.05, 0) is 80.1 Å². The van der Waals surface area contributed by atoms with Crippen LogP contribution in [0.15, 0.2) is 114 Å². The third-order valence-electron chi connectivity index (χ3n) is 5.93. The molecule has 0 saturated carbocycles. The molecule has 0 radical (unpaired) electrons. The molecule has 4 rings (SSSR count). The maximum atomic E-state index is 13.4. The number of amides is 3. The van der Waals surface area contributed by atoms with Crippen LogP contribution in [-0.4, -0.2) is 29.6 Å². The lowest BCUT2D eigenvalue weighted by molar-refractivity contribution is -0.115. The molecule has 0 aliphatic heterocycles. The number of halogens is 1. The van der Waals surface area contributed by atoms with Crippen LogP contribution in [0.3, 0.4) is 0 Å². The first-order valence-electron chi connectivity index (χ1n) is 13.3. The summed E-state index contributed by atoms with van der Waals surface area (Å²) in [5, 5.41) is 7.93. The lowest BCUT2D eigenvalue weighted by Crippen LogP contribution is -2.30. The third-order valence-corrected chi connectivity index (χ3v) is 7.02. The van der Waals surface area contributed by atoms with Crippen LogP contribution < -0.4 is 20.7 Å². The van der Waals surface area contributed by atoms with Gasteiger partial charge in [-0.15, -0.1) is 11.8 Å². The Morgan fingerprint density at radius 3 is 2.33 bits per heavy atom. The first-order chi connectivity index (χ1) is 20.3.